The Bertz CT molecular complexity index is 540. The summed E-state index contributed by atoms with van der Waals surface area (Å²) in [5.41, 5.74) is 2.32. The van der Waals surface area contributed by atoms with E-state index in [9.17, 15) is 0 Å². The molecule has 25 heavy (non-hydrogen) atoms. The predicted octanol–water partition coefficient (Wildman–Crippen LogP) is 3.41. The zero-order valence-corrected chi connectivity index (χ0v) is 15.9. The molecule has 0 saturated heterocycles. The van der Waals surface area contributed by atoms with Gasteiger partial charge in [0.1, 0.15) is 5.75 Å². The first-order chi connectivity index (χ1) is 12.2. The lowest BCUT2D eigenvalue weighted by Crippen LogP contribution is -2.37. The van der Waals surface area contributed by atoms with Crippen molar-refractivity contribution in [1.82, 2.24) is 10.6 Å². The third-order valence-corrected chi connectivity index (χ3v) is 4.63. The molecule has 0 heterocycles. The minimum absolute atomic E-state index is 0.486. The van der Waals surface area contributed by atoms with Crippen LogP contribution < -0.4 is 15.4 Å². The third-order valence-electron chi connectivity index (χ3n) is 4.63. The highest BCUT2D eigenvalue weighted by Crippen LogP contribution is 2.20. The first-order valence-electron chi connectivity index (χ1n) is 9.42. The smallest absolute Gasteiger partial charge is 0.191 e. The monoisotopic (exact) mass is 347 g/mol. The van der Waals surface area contributed by atoms with E-state index < -0.39 is 0 Å². The summed E-state index contributed by atoms with van der Waals surface area (Å²) in [7, 11) is 3.50. The molecule has 1 saturated carbocycles. The highest BCUT2D eigenvalue weighted by molar-refractivity contribution is 5.79. The van der Waals surface area contributed by atoms with Crippen molar-refractivity contribution >= 4 is 5.96 Å². The molecule has 2 rings (SSSR count). The van der Waals surface area contributed by atoms with Crippen LogP contribution in [0.15, 0.2) is 23.2 Å². The van der Waals surface area contributed by atoms with Gasteiger partial charge in [-0.2, -0.15) is 0 Å². The molecule has 0 aliphatic heterocycles. The molecule has 0 atom stereocenters. The van der Waals surface area contributed by atoms with Crippen molar-refractivity contribution < 1.29 is 9.47 Å². The molecular formula is C20H33N3O2. The molecule has 0 bridgehead atoms. The second kappa shape index (κ2) is 11.0. The molecule has 0 radical (unpaired) electrons. The second-order valence-corrected chi connectivity index (χ2v) is 6.65. The van der Waals surface area contributed by atoms with E-state index in [2.05, 4.69) is 40.7 Å². The molecular weight excluding hydrogens is 314 g/mol. The minimum Gasteiger partial charge on any atom is -0.496 e. The zero-order valence-electron chi connectivity index (χ0n) is 15.9. The molecule has 1 aromatic rings. The van der Waals surface area contributed by atoms with Crippen LogP contribution in [0.2, 0.25) is 0 Å². The first kappa shape index (κ1) is 19.6. The number of methoxy groups -OCH3 is 1. The van der Waals surface area contributed by atoms with Gasteiger partial charge in [-0.05, 0) is 37.8 Å². The summed E-state index contributed by atoms with van der Waals surface area (Å²) < 4.78 is 11.4. The average molecular weight is 348 g/mol. The van der Waals surface area contributed by atoms with E-state index in [4.69, 9.17) is 9.47 Å². The lowest BCUT2D eigenvalue weighted by molar-refractivity contribution is 0.0277. The van der Waals surface area contributed by atoms with Gasteiger partial charge in [0.15, 0.2) is 5.96 Å². The van der Waals surface area contributed by atoms with Crippen LogP contribution >= 0.6 is 0 Å². The van der Waals surface area contributed by atoms with Crippen molar-refractivity contribution in [3.05, 3.63) is 29.3 Å². The van der Waals surface area contributed by atoms with E-state index in [0.29, 0.717) is 12.6 Å². The van der Waals surface area contributed by atoms with Crippen LogP contribution in [0.25, 0.3) is 0 Å². The van der Waals surface area contributed by atoms with Gasteiger partial charge >= 0.3 is 0 Å². The van der Waals surface area contributed by atoms with Gasteiger partial charge < -0.3 is 20.1 Å². The Labute approximate surface area is 152 Å². The highest BCUT2D eigenvalue weighted by Gasteiger charge is 2.13. The van der Waals surface area contributed by atoms with Crippen LogP contribution in [-0.2, 0) is 11.3 Å². The maximum atomic E-state index is 5.95. The summed E-state index contributed by atoms with van der Waals surface area (Å²) in [6.45, 7) is 4.43. The van der Waals surface area contributed by atoms with E-state index in [1.54, 1.807) is 14.2 Å². The van der Waals surface area contributed by atoms with Gasteiger partial charge in [-0.3, -0.25) is 4.99 Å². The maximum absolute atomic E-state index is 5.95. The number of benzene rings is 1. The van der Waals surface area contributed by atoms with Crippen LogP contribution in [0.3, 0.4) is 0 Å². The standard InChI is InChI=1S/C20H33N3O2/c1-16-10-11-17(19(14-16)24-3)15-23-20(21-2)22-12-7-13-25-18-8-5-4-6-9-18/h10-11,14,18H,4-9,12-13,15H2,1-3H3,(H2,21,22,23). The normalized spacial score (nSPS) is 15.9. The fourth-order valence-electron chi connectivity index (χ4n) is 3.16. The second-order valence-electron chi connectivity index (χ2n) is 6.65. The average Bonchev–Trinajstić information content (AvgIpc) is 2.65. The molecule has 2 N–H and O–H groups in total. The molecule has 0 unspecified atom stereocenters. The summed E-state index contributed by atoms with van der Waals surface area (Å²) in [5.74, 6) is 1.71. The van der Waals surface area contributed by atoms with Gasteiger partial charge in [-0.25, -0.2) is 0 Å². The number of hydrogen-bond acceptors (Lipinski definition) is 3. The number of ether oxygens (including phenoxy) is 2. The molecule has 0 amide bonds. The number of guanidine groups is 1. The van der Waals surface area contributed by atoms with Gasteiger partial charge in [0.2, 0.25) is 0 Å². The van der Waals surface area contributed by atoms with Crippen LogP contribution in [0.5, 0.6) is 5.75 Å². The summed E-state index contributed by atoms with van der Waals surface area (Å²) in [5, 5.41) is 6.68. The molecule has 1 fully saturated rings. The number of aryl methyl sites for hydroxylation is 1. The largest absolute Gasteiger partial charge is 0.496 e. The summed E-state index contributed by atoms with van der Waals surface area (Å²) in [4.78, 5) is 4.28. The number of aliphatic imine (C=N–C) groups is 1. The van der Waals surface area contributed by atoms with Crippen molar-refractivity contribution in [2.45, 2.75) is 58.1 Å². The minimum atomic E-state index is 0.486. The van der Waals surface area contributed by atoms with E-state index in [0.717, 1.165) is 36.8 Å². The van der Waals surface area contributed by atoms with Crippen molar-refractivity contribution in [3.8, 4) is 5.75 Å². The van der Waals surface area contributed by atoms with E-state index in [-0.39, 0.29) is 0 Å². The molecule has 140 valence electrons. The van der Waals surface area contributed by atoms with Crippen LogP contribution in [0, 0.1) is 6.92 Å². The predicted molar refractivity (Wildman–Crippen MR) is 103 cm³/mol. The van der Waals surface area contributed by atoms with E-state index >= 15 is 0 Å². The zero-order chi connectivity index (χ0) is 17.9. The van der Waals surface area contributed by atoms with E-state index in [1.807, 2.05) is 0 Å². The Balaban J connectivity index is 1.65. The highest BCUT2D eigenvalue weighted by atomic mass is 16.5. The van der Waals surface area contributed by atoms with Crippen LogP contribution in [0.1, 0.15) is 49.7 Å². The fourth-order valence-corrected chi connectivity index (χ4v) is 3.16. The summed E-state index contributed by atoms with van der Waals surface area (Å²) >= 11 is 0. The Hall–Kier alpha value is -1.75. The number of nitrogens with zero attached hydrogens (tertiary/aromatic N) is 1. The SMILES string of the molecule is CN=C(NCCCOC1CCCCC1)NCc1ccc(C)cc1OC. The number of hydrogen-bond donors (Lipinski definition) is 2. The van der Waals surface area contributed by atoms with Gasteiger partial charge in [0, 0.05) is 32.3 Å². The maximum Gasteiger partial charge on any atom is 0.191 e. The van der Waals surface area contributed by atoms with E-state index in [1.165, 1.54) is 37.7 Å². The number of nitrogens with one attached hydrogen (secondary N) is 2. The number of rotatable bonds is 8. The molecule has 1 aliphatic carbocycles. The van der Waals surface area contributed by atoms with Crippen molar-refractivity contribution in [2.75, 3.05) is 27.3 Å². The van der Waals surface area contributed by atoms with Gasteiger partial charge in [0.25, 0.3) is 0 Å². The van der Waals surface area contributed by atoms with Crippen LogP contribution in [0.4, 0.5) is 0 Å². The lowest BCUT2D eigenvalue weighted by atomic mass is 9.98. The Kier molecular flexibility index (Phi) is 8.60. The van der Waals surface area contributed by atoms with Crippen molar-refractivity contribution in [1.29, 1.82) is 0 Å². The van der Waals surface area contributed by atoms with Crippen molar-refractivity contribution in [2.24, 2.45) is 4.99 Å². The topological polar surface area (TPSA) is 54.9 Å². The summed E-state index contributed by atoms with van der Waals surface area (Å²) in [6, 6.07) is 6.24. The Morgan fingerprint density at radius 1 is 1.20 bits per heavy atom. The molecule has 0 spiro atoms. The third kappa shape index (κ3) is 6.94. The van der Waals surface area contributed by atoms with Gasteiger partial charge in [-0.15, -0.1) is 0 Å². The van der Waals surface area contributed by atoms with Gasteiger partial charge in [0.05, 0.1) is 13.2 Å². The molecule has 0 aromatic heterocycles. The summed E-state index contributed by atoms with van der Waals surface area (Å²) in [6.07, 6.45) is 7.95. The Morgan fingerprint density at radius 2 is 2.00 bits per heavy atom. The lowest BCUT2D eigenvalue weighted by Gasteiger charge is -2.22. The van der Waals surface area contributed by atoms with Crippen LogP contribution in [-0.4, -0.2) is 39.4 Å². The molecule has 1 aliphatic rings. The molecule has 5 nitrogen and oxygen atoms in total. The molecule has 1 aromatic carbocycles. The van der Waals surface area contributed by atoms with Gasteiger partial charge in [-0.1, -0.05) is 31.4 Å². The quantitative estimate of drug-likeness (QED) is 0.430. The molecule has 5 heteroatoms. The fraction of sp³-hybridized carbons (Fsp3) is 0.650. The first-order valence-corrected chi connectivity index (χ1v) is 9.42. The Morgan fingerprint density at radius 3 is 2.72 bits per heavy atom. The van der Waals surface area contributed by atoms with Crippen molar-refractivity contribution in [3.63, 3.8) is 0 Å².